The van der Waals surface area contributed by atoms with Gasteiger partial charge in [0.1, 0.15) is 0 Å². The van der Waals surface area contributed by atoms with Gasteiger partial charge < -0.3 is 20.1 Å². The summed E-state index contributed by atoms with van der Waals surface area (Å²) in [5, 5.41) is 12.8. The first-order valence-corrected chi connectivity index (χ1v) is 4.84. The first kappa shape index (κ1) is 11.5. The van der Waals surface area contributed by atoms with Gasteiger partial charge in [-0.15, -0.1) is 0 Å². The van der Waals surface area contributed by atoms with Crippen molar-refractivity contribution in [2.75, 3.05) is 19.6 Å². The van der Waals surface area contributed by atoms with E-state index in [4.69, 9.17) is 0 Å². The van der Waals surface area contributed by atoms with Gasteiger partial charge in [-0.1, -0.05) is 0 Å². The zero-order chi connectivity index (χ0) is 11.3. The van der Waals surface area contributed by atoms with Crippen LogP contribution in [0.2, 0.25) is 0 Å². The highest BCUT2D eigenvalue weighted by molar-refractivity contribution is 5.82. The summed E-state index contributed by atoms with van der Waals surface area (Å²) in [6.45, 7) is 1.23. The summed E-state index contributed by atoms with van der Waals surface area (Å²) in [7, 11) is 0. The van der Waals surface area contributed by atoms with Crippen molar-refractivity contribution >= 4 is 17.8 Å². The molecule has 1 fully saturated rings. The van der Waals surface area contributed by atoms with E-state index in [0.29, 0.717) is 19.6 Å². The molecule has 0 aromatic carbocycles. The summed E-state index contributed by atoms with van der Waals surface area (Å²) < 4.78 is 0. The number of amides is 2. The number of carbonyl (C=O) groups excluding carboxylic acids is 3. The van der Waals surface area contributed by atoms with Crippen LogP contribution in [-0.2, 0) is 14.4 Å². The molecule has 0 atom stereocenters. The maximum absolute atomic E-state index is 11.5. The number of carbonyl (C=O) groups is 3. The van der Waals surface area contributed by atoms with Gasteiger partial charge in [-0.2, -0.15) is 0 Å². The molecule has 15 heavy (non-hydrogen) atoms. The summed E-state index contributed by atoms with van der Waals surface area (Å²) in [5.41, 5.74) is 0. The van der Waals surface area contributed by atoms with Crippen molar-refractivity contribution in [2.45, 2.75) is 19.3 Å². The SMILES string of the molecule is O=C([O-])CCC(=O)N1CCNC(=O)CC1. The van der Waals surface area contributed by atoms with E-state index in [-0.39, 0.29) is 31.1 Å². The standard InChI is InChI=1S/C9H14N2O4/c12-7-3-5-11(6-4-10-7)8(13)1-2-9(14)15/h1-6H2,(H,10,12)(H,14,15)/p-1. The first-order chi connectivity index (χ1) is 7.09. The minimum Gasteiger partial charge on any atom is -0.550 e. The maximum atomic E-state index is 11.5. The van der Waals surface area contributed by atoms with Crippen molar-refractivity contribution < 1.29 is 19.5 Å². The molecule has 0 aliphatic carbocycles. The quantitative estimate of drug-likeness (QED) is 0.579. The summed E-state index contributed by atoms with van der Waals surface area (Å²) in [6, 6.07) is 0. The molecule has 0 aromatic heterocycles. The van der Waals surface area contributed by atoms with Gasteiger partial charge in [-0.3, -0.25) is 9.59 Å². The van der Waals surface area contributed by atoms with Crippen LogP contribution in [0.3, 0.4) is 0 Å². The van der Waals surface area contributed by atoms with E-state index in [1.165, 1.54) is 4.90 Å². The molecule has 0 aromatic rings. The molecule has 6 heteroatoms. The van der Waals surface area contributed by atoms with Crippen molar-refractivity contribution in [3.63, 3.8) is 0 Å². The zero-order valence-corrected chi connectivity index (χ0v) is 8.32. The van der Waals surface area contributed by atoms with E-state index in [9.17, 15) is 19.5 Å². The predicted octanol–water partition coefficient (Wildman–Crippen LogP) is -2.13. The van der Waals surface area contributed by atoms with E-state index in [2.05, 4.69) is 5.32 Å². The minimum absolute atomic E-state index is 0.0590. The molecule has 0 unspecified atom stereocenters. The second-order valence-corrected chi connectivity index (χ2v) is 3.35. The Labute approximate surface area is 87.2 Å². The molecule has 0 bridgehead atoms. The maximum Gasteiger partial charge on any atom is 0.223 e. The highest BCUT2D eigenvalue weighted by atomic mass is 16.4. The Bertz CT molecular complexity index is 277. The number of nitrogens with one attached hydrogen (secondary N) is 1. The fourth-order valence-electron chi connectivity index (χ4n) is 1.38. The summed E-state index contributed by atoms with van der Waals surface area (Å²) in [5.74, 6) is -1.55. The second kappa shape index (κ2) is 5.33. The van der Waals surface area contributed by atoms with Gasteiger partial charge in [0.25, 0.3) is 0 Å². The van der Waals surface area contributed by atoms with Crippen LogP contribution in [-0.4, -0.2) is 42.3 Å². The summed E-state index contributed by atoms with van der Waals surface area (Å²) in [4.78, 5) is 34.1. The number of rotatable bonds is 3. The fraction of sp³-hybridized carbons (Fsp3) is 0.667. The monoisotopic (exact) mass is 213 g/mol. The average molecular weight is 213 g/mol. The third-order valence-corrected chi connectivity index (χ3v) is 2.21. The molecule has 1 heterocycles. The van der Waals surface area contributed by atoms with Crippen LogP contribution in [0.5, 0.6) is 0 Å². The van der Waals surface area contributed by atoms with E-state index in [1.807, 2.05) is 0 Å². The Hall–Kier alpha value is -1.59. The third kappa shape index (κ3) is 3.97. The molecule has 1 N–H and O–H groups in total. The summed E-state index contributed by atoms with van der Waals surface area (Å²) >= 11 is 0. The van der Waals surface area contributed by atoms with Crippen molar-refractivity contribution in [1.29, 1.82) is 0 Å². The Morgan fingerprint density at radius 3 is 2.73 bits per heavy atom. The van der Waals surface area contributed by atoms with Crippen molar-refractivity contribution in [3.8, 4) is 0 Å². The predicted molar refractivity (Wildman–Crippen MR) is 48.4 cm³/mol. The molecule has 84 valence electrons. The molecule has 0 saturated carbocycles. The number of carboxylic acid groups (broad SMARTS) is 1. The molecule has 2 amide bonds. The van der Waals surface area contributed by atoms with Gasteiger partial charge in [0.15, 0.2) is 0 Å². The molecule has 1 saturated heterocycles. The number of nitrogens with zero attached hydrogens (tertiary/aromatic N) is 1. The number of hydrogen-bond donors (Lipinski definition) is 1. The van der Waals surface area contributed by atoms with Crippen LogP contribution in [0, 0.1) is 0 Å². The lowest BCUT2D eigenvalue weighted by Gasteiger charge is -2.19. The first-order valence-electron chi connectivity index (χ1n) is 4.84. The third-order valence-electron chi connectivity index (χ3n) is 2.21. The van der Waals surface area contributed by atoms with Gasteiger partial charge in [0, 0.05) is 38.4 Å². The lowest BCUT2D eigenvalue weighted by molar-refractivity contribution is -0.305. The van der Waals surface area contributed by atoms with Crippen molar-refractivity contribution in [2.24, 2.45) is 0 Å². The van der Waals surface area contributed by atoms with Crippen LogP contribution in [0.25, 0.3) is 0 Å². The number of carboxylic acids is 1. The van der Waals surface area contributed by atoms with E-state index in [0.717, 1.165) is 0 Å². The van der Waals surface area contributed by atoms with Crippen molar-refractivity contribution in [3.05, 3.63) is 0 Å². The van der Waals surface area contributed by atoms with Gasteiger partial charge >= 0.3 is 0 Å². The Balaban J connectivity index is 2.38. The molecule has 0 spiro atoms. The smallest absolute Gasteiger partial charge is 0.223 e. The Morgan fingerprint density at radius 2 is 2.07 bits per heavy atom. The Morgan fingerprint density at radius 1 is 1.33 bits per heavy atom. The molecule has 0 radical (unpaired) electrons. The normalized spacial score (nSPS) is 16.8. The van der Waals surface area contributed by atoms with Crippen molar-refractivity contribution in [1.82, 2.24) is 10.2 Å². The van der Waals surface area contributed by atoms with E-state index < -0.39 is 5.97 Å². The van der Waals surface area contributed by atoms with E-state index >= 15 is 0 Å². The molecular formula is C9H13N2O4-. The number of aliphatic carboxylic acids is 1. The second-order valence-electron chi connectivity index (χ2n) is 3.35. The molecular weight excluding hydrogens is 200 g/mol. The molecule has 1 aliphatic rings. The molecule has 1 rings (SSSR count). The van der Waals surface area contributed by atoms with Crippen LogP contribution in [0.1, 0.15) is 19.3 Å². The van der Waals surface area contributed by atoms with Gasteiger partial charge in [-0.05, 0) is 6.42 Å². The zero-order valence-electron chi connectivity index (χ0n) is 8.32. The largest absolute Gasteiger partial charge is 0.550 e. The minimum atomic E-state index is -1.23. The number of hydrogen-bond acceptors (Lipinski definition) is 4. The molecule has 1 aliphatic heterocycles. The highest BCUT2D eigenvalue weighted by Gasteiger charge is 2.17. The van der Waals surface area contributed by atoms with E-state index in [1.54, 1.807) is 0 Å². The molecule has 6 nitrogen and oxygen atoms in total. The average Bonchev–Trinajstić information content (AvgIpc) is 2.39. The highest BCUT2D eigenvalue weighted by Crippen LogP contribution is 2.01. The van der Waals surface area contributed by atoms with Gasteiger partial charge in [0.2, 0.25) is 11.8 Å². The van der Waals surface area contributed by atoms with Gasteiger partial charge in [0.05, 0.1) is 0 Å². The Kier molecular flexibility index (Phi) is 4.08. The van der Waals surface area contributed by atoms with Crippen LogP contribution in [0.15, 0.2) is 0 Å². The summed E-state index contributed by atoms with van der Waals surface area (Å²) in [6.07, 6.45) is -0.0513. The topological polar surface area (TPSA) is 89.5 Å². The van der Waals surface area contributed by atoms with Crippen LogP contribution >= 0.6 is 0 Å². The van der Waals surface area contributed by atoms with Crippen LogP contribution < -0.4 is 10.4 Å². The van der Waals surface area contributed by atoms with Crippen LogP contribution in [0.4, 0.5) is 0 Å². The lowest BCUT2D eigenvalue weighted by Crippen LogP contribution is -2.35. The van der Waals surface area contributed by atoms with Gasteiger partial charge in [-0.25, -0.2) is 0 Å². The fourth-order valence-corrected chi connectivity index (χ4v) is 1.38. The lowest BCUT2D eigenvalue weighted by atomic mass is 10.2.